The largest absolute Gasteiger partial charge is 0.332 e. The van der Waals surface area contributed by atoms with E-state index in [0.717, 1.165) is 24.4 Å². The van der Waals surface area contributed by atoms with Crippen LogP contribution in [0.15, 0.2) is 48.5 Å². The molecular weight excluding hydrogens is 382 g/mol. The first-order valence-electron chi connectivity index (χ1n) is 12.1. The number of nitrogens with one attached hydrogen (secondary N) is 1. The summed E-state index contributed by atoms with van der Waals surface area (Å²) in [6, 6.07) is 18.1. The van der Waals surface area contributed by atoms with Crippen molar-refractivity contribution < 1.29 is 4.79 Å². The van der Waals surface area contributed by atoms with Gasteiger partial charge in [0.25, 0.3) is 5.91 Å². The Morgan fingerprint density at radius 3 is 2.87 bits per heavy atom. The normalized spacial score (nSPS) is 26.3. The highest BCUT2D eigenvalue weighted by Crippen LogP contribution is 2.40. The highest BCUT2D eigenvalue weighted by molar-refractivity contribution is 5.94. The minimum Gasteiger partial charge on any atom is -0.332 e. The molecule has 4 nitrogen and oxygen atoms in total. The molecule has 2 fully saturated rings. The second-order valence-electron chi connectivity index (χ2n) is 9.55. The maximum absolute atomic E-state index is 13.5. The van der Waals surface area contributed by atoms with E-state index in [1.165, 1.54) is 49.0 Å². The van der Waals surface area contributed by atoms with Crippen molar-refractivity contribution in [1.82, 2.24) is 15.1 Å². The minimum atomic E-state index is 0.0675. The zero-order chi connectivity index (χ0) is 21.4. The quantitative estimate of drug-likeness (QED) is 0.791. The van der Waals surface area contributed by atoms with Gasteiger partial charge < -0.3 is 10.2 Å². The predicted octanol–water partition coefficient (Wildman–Crippen LogP) is 4.58. The first-order valence-corrected chi connectivity index (χ1v) is 12.1. The molecule has 3 heterocycles. The van der Waals surface area contributed by atoms with Gasteiger partial charge in [-0.2, -0.15) is 0 Å². The molecule has 3 aliphatic heterocycles. The Labute approximate surface area is 186 Å². The fourth-order valence-corrected chi connectivity index (χ4v) is 6.12. The molecule has 5 rings (SSSR count). The molecule has 2 saturated heterocycles. The van der Waals surface area contributed by atoms with Crippen molar-refractivity contribution in [2.24, 2.45) is 5.92 Å². The molecule has 164 valence electrons. The van der Waals surface area contributed by atoms with Crippen LogP contribution in [0.1, 0.15) is 72.2 Å². The summed E-state index contributed by atoms with van der Waals surface area (Å²) >= 11 is 0. The highest BCUT2D eigenvalue weighted by atomic mass is 16.2. The Hall–Kier alpha value is -2.17. The van der Waals surface area contributed by atoms with Gasteiger partial charge in [-0.3, -0.25) is 9.69 Å². The molecule has 1 amide bonds. The summed E-state index contributed by atoms with van der Waals surface area (Å²) in [5.41, 5.74) is 4.85. The van der Waals surface area contributed by atoms with Gasteiger partial charge in [0, 0.05) is 37.3 Å². The summed E-state index contributed by atoms with van der Waals surface area (Å²) in [6.45, 7) is 8.42. The third-order valence-electron chi connectivity index (χ3n) is 7.88. The molecule has 0 aliphatic carbocycles. The number of benzene rings is 2. The molecular formula is C27H35N3O. The number of amides is 1. The van der Waals surface area contributed by atoms with Crippen molar-refractivity contribution in [2.75, 3.05) is 26.2 Å². The van der Waals surface area contributed by atoms with Crippen LogP contribution in [0, 0.1) is 5.92 Å². The second kappa shape index (κ2) is 8.76. The van der Waals surface area contributed by atoms with Crippen molar-refractivity contribution in [3.63, 3.8) is 0 Å². The summed E-state index contributed by atoms with van der Waals surface area (Å²) in [5.74, 6) is 0.951. The van der Waals surface area contributed by atoms with Gasteiger partial charge in [-0.25, -0.2) is 0 Å². The molecule has 0 bridgehead atoms. The van der Waals surface area contributed by atoms with Crippen molar-refractivity contribution in [1.29, 1.82) is 0 Å². The zero-order valence-corrected chi connectivity index (χ0v) is 18.9. The van der Waals surface area contributed by atoms with Crippen LogP contribution in [-0.4, -0.2) is 47.9 Å². The van der Waals surface area contributed by atoms with Crippen molar-refractivity contribution in [2.45, 2.75) is 57.7 Å². The Morgan fingerprint density at radius 2 is 2.06 bits per heavy atom. The third kappa shape index (κ3) is 3.92. The maximum atomic E-state index is 13.5. The number of carbonyl (C=O) groups excluding carboxylic acids is 1. The number of hydrogen-bond acceptors (Lipinski definition) is 3. The standard InChI is InChI=1S/C27H35N3O/c1-3-30(19(2)20-8-5-4-6-9-20)27(31)22-11-12-24-21(16-22)13-15-29-18-23-10-7-14-28-25(23)17-26(24)29/h4-6,8-9,11-12,16,19,23,25-26,28H,3,7,10,13-15,17-18H2,1-2H3/t19-,23+,25-,26-/m1/s1. The van der Waals surface area contributed by atoms with E-state index in [9.17, 15) is 4.79 Å². The lowest BCUT2D eigenvalue weighted by atomic mass is 9.77. The second-order valence-corrected chi connectivity index (χ2v) is 9.55. The molecule has 2 aromatic rings. The van der Waals surface area contributed by atoms with Crippen LogP contribution < -0.4 is 5.32 Å². The molecule has 3 aliphatic rings. The smallest absolute Gasteiger partial charge is 0.254 e. The van der Waals surface area contributed by atoms with Crippen LogP contribution in [0.4, 0.5) is 0 Å². The molecule has 0 saturated carbocycles. The number of nitrogens with zero attached hydrogens (tertiary/aromatic N) is 2. The average molecular weight is 418 g/mol. The molecule has 2 aromatic carbocycles. The average Bonchev–Trinajstić information content (AvgIpc) is 2.83. The fourth-order valence-electron chi connectivity index (χ4n) is 6.12. The van der Waals surface area contributed by atoms with Crippen LogP contribution in [0.5, 0.6) is 0 Å². The van der Waals surface area contributed by atoms with Gasteiger partial charge in [0.05, 0.1) is 6.04 Å². The van der Waals surface area contributed by atoms with Crippen LogP contribution >= 0.6 is 0 Å². The van der Waals surface area contributed by atoms with Crippen LogP contribution in [0.25, 0.3) is 0 Å². The van der Waals surface area contributed by atoms with E-state index < -0.39 is 0 Å². The highest BCUT2D eigenvalue weighted by Gasteiger charge is 2.39. The van der Waals surface area contributed by atoms with Crippen LogP contribution in [0.3, 0.4) is 0 Å². The number of hydrogen-bond donors (Lipinski definition) is 1. The molecule has 4 heteroatoms. The van der Waals surface area contributed by atoms with Crippen LogP contribution in [-0.2, 0) is 6.42 Å². The monoisotopic (exact) mass is 417 g/mol. The Kier molecular flexibility index (Phi) is 5.85. The Bertz CT molecular complexity index is 927. The van der Waals surface area contributed by atoms with Gasteiger partial charge in [0.1, 0.15) is 0 Å². The van der Waals surface area contributed by atoms with E-state index in [0.29, 0.717) is 18.6 Å². The first kappa shape index (κ1) is 20.7. The number of rotatable bonds is 4. The number of carbonyl (C=O) groups is 1. The summed E-state index contributed by atoms with van der Waals surface area (Å²) in [5, 5.41) is 3.78. The lowest BCUT2D eigenvalue weighted by molar-refractivity contribution is 0.0551. The topological polar surface area (TPSA) is 35.6 Å². The maximum Gasteiger partial charge on any atom is 0.254 e. The Balaban J connectivity index is 1.37. The summed E-state index contributed by atoms with van der Waals surface area (Å²) in [6.07, 6.45) is 4.94. The molecule has 1 N–H and O–H groups in total. The SMILES string of the molecule is CCN(C(=O)c1ccc2c(c1)CCN1C[C@@H]3CCCN[C@@H]3C[C@H]21)[C@H](C)c1ccccc1. The summed E-state index contributed by atoms with van der Waals surface area (Å²) in [4.78, 5) is 18.1. The lowest BCUT2D eigenvalue weighted by Crippen LogP contribution is -2.54. The molecule has 0 radical (unpaired) electrons. The molecule has 4 atom stereocenters. The minimum absolute atomic E-state index is 0.0675. The molecule has 31 heavy (non-hydrogen) atoms. The number of fused-ring (bicyclic) bond motifs is 4. The van der Waals surface area contributed by atoms with E-state index >= 15 is 0 Å². The van der Waals surface area contributed by atoms with Gasteiger partial charge in [0.15, 0.2) is 0 Å². The van der Waals surface area contributed by atoms with E-state index in [1.807, 2.05) is 23.1 Å². The molecule has 0 spiro atoms. The lowest BCUT2D eigenvalue weighted by Gasteiger charge is -2.49. The Morgan fingerprint density at radius 1 is 1.23 bits per heavy atom. The summed E-state index contributed by atoms with van der Waals surface area (Å²) in [7, 11) is 0. The van der Waals surface area contributed by atoms with Gasteiger partial charge in [-0.05, 0) is 80.8 Å². The van der Waals surface area contributed by atoms with Crippen molar-refractivity contribution in [3.8, 4) is 0 Å². The predicted molar refractivity (Wildman–Crippen MR) is 125 cm³/mol. The molecule has 0 unspecified atom stereocenters. The van der Waals surface area contributed by atoms with Gasteiger partial charge in [-0.1, -0.05) is 36.4 Å². The van der Waals surface area contributed by atoms with E-state index in [-0.39, 0.29) is 11.9 Å². The van der Waals surface area contributed by atoms with E-state index in [4.69, 9.17) is 0 Å². The summed E-state index contributed by atoms with van der Waals surface area (Å²) < 4.78 is 0. The van der Waals surface area contributed by atoms with Crippen molar-refractivity contribution >= 4 is 5.91 Å². The first-order chi connectivity index (χ1) is 15.2. The zero-order valence-electron chi connectivity index (χ0n) is 18.9. The number of piperidine rings is 2. The van der Waals surface area contributed by atoms with Gasteiger partial charge in [-0.15, -0.1) is 0 Å². The fraction of sp³-hybridized carbons (Fsp3) is 0.519. The third-order valence-corrected chi connectivity index (χ3v) is 7.88. The molecule has 0 aromatic heterocycles. The van der Waals surface area contributed by atoms with Crippen LogP contribution in [0.2, 0.25) is 0 Å². The van der Waals surface area contributed by atoms with Gasteiger partial charge >= 0.3 is 0 Å². The van der Waals surface area contributed by atoms with Gasteiger partial charge in [0.2, 0.25) is 0 Å². The van der Waals surface area contributed by atoms with E-state index in [1.54, 1.807) is 0 Å². The van der Waals surface area contributed by atoms with E-state index in [2.05, 4.69) is 54.4 Å². The van der Waals surface area contributed by atoms with Crippen molar-refractivity contribution in [3.05, 3.63) is 70.8 Å².